The van der Waals surface area contributed by atoms with Crippen LogP contribution in [0.3, 0.4) is 0 Å². The van der Waals surface area contributed by atoms with E-state index in [9.17, 15) is 0 Å². The lowest BCUT2D eigenvalue weighted by molar-refractivity contribution is 0.00819. The van der Waals surface area contributed by atoms with Gasteiger partial charge in [-0.25, -0.2) is 0 Å². The van der Waals surface area contributed by atoms with Crippen LogP contribution < -0.4 is 0 Å². The summed E-state index contributed by atoms with van der Waals surface area (Å²) in [6.07, 6.45) is 12.3. The fourth-order valence-electron chi connectivity index (χ4n) is 4.33. The fraction of sp³-hybridized carbons (Fsp3) is 0.462. The molecular formula is C26H33NO2. The van der Waals surface area contributed by atoms with Gasteiger partial charge in [0, 0.05) is 6.54 Å². The van der Waals surface area contributed by atoms with Gasteiger partial charge in [-0.1, -0.05) is 92.1 Å². The molecule has 1 fully saturated rings. The Bertz CT molecular complexity index is 721. The van der Waals surface area contributed by atoms with Crippen molar-refractivity contribution in [1.29, 1.82) is 0 Å². The normalized spacial score (nSPS) is 26.0. The van der Waals surface area contributed by atoms with E-state index in [1.165, 1.54) is 43.2 Å². The molecule has 1 saturated heterocycles. The van der Waals surface area contributed by atoms with Crippen LogP contribution in [-0.2, 0) is 9.47 Å². The maximum atomic E-state index is 6.26. The molecule has 3 heteroatoms. The molecule has 0 saturated carbocycles. The Morgan fingerprint density at radius 3 is 2.28 bits per heavy atom. The summed E-state index contributed by atoms with van der Waals surface area (Å²) in [7, 11) is 2.18. The Kier molecular flexibility index (Phi) is 7.15. The average Bonchev–Trinajstić information content (AvgIpc) is 3.44. The number of ether oxygens (including phenoxy) is 2. The third kappa shape index (κ3) is 5.79. The van der Waals surface area contributed by atoms with E-state index in [4.69, 9.17) is 9.47 Å². The van der Waals surface area contributed by atoms with Crippen molar-refractivity contribution < 1.29 is 9.47 Å². The van der Waals surface area contributed by atoms with Gasteiger partial charge in [0.25, 0.3) is 0 Å². The van der Waals surface area contributed by atoms with E-state index in [2.05, 4.69) is 84.8 Å². The molecule has 2 aliphatic rings. The Labute approximate surface area is 175 Å². The molecular weight excluding hydrogens is 358 g/mol. The molecule has 0 N–H and O–H groups in total. The summed E-state index contributed by atoms with van der Waals surface area (Å²) in [6, 6.07) is 21.6. The van der Waals surface area contributed by atoms with Crippen molar-refractivity contribution in [2.75, 3.05) is 13.6 Å². The lowest BCUT2D eigenvalue weighted by Gasteiger charge is -2.28. The van der Waals surface area contributed by atoms with Gasteiger partial charge in [-0.05, 0) is 37.4 Å². The van der Waals surface area contributed by atoms with Crippen molar-refractivity contribution in [3.63, 3.8) is 0 Å². The summed E-state index contributed by atoms with van der Waals surface area (Å²) < 4.78 is 12.2. The van der Waals surface area contributed by atoms with Gasteiger partial charge in [0.05, 0.1) is 12.1 Å². The SMILES string of the molecule is CN(CC1OC1OC1/C=C\CCCCCC1)C(c1ccccc1)c1ccccc1. The molecule has 0 bridgehead atoms. The van der Waals surface area contributed by atoms with Crippen LogP contribution in [0.1, 0.15) is 55.7 Å². The van der Waals surface area contributed by atoms with Gasteiger partial charge in [0.15, 0.2) is 6.29 Å². The topological polar surface area (TPSA) is 25.0 Å². The van der Waals surface area contributed by atoms with Gasteiger partial charge in [0.2, 0.25) is 0 Å². The number of nitrogens with zero attached hydrogens (tertiary/aromatic N) is 1. The van der Waals surface area contributed by atoms with E-state index in [0.717, 1.165) is 13.0 Å². The van der Waals surface area contributed by atoms with Crippen molar-refractivity contribution in [3.8, 4) is 0 Å². The van der Waals surface area contributed by atoms with Gasteiger partial charge in [-0.2, -0.15) is 0 Å². The first-order valence-electron chi connectivity index (χ1n) is 11.1. The average molecular weight is 392 g/mol. The van der Waals surface area contributed by atoms with E-state index in [-0.39, 0.29) is 24.5 Å². The predicted molar refractivity (Wildman–Crippen MR) is 118 cm³/mol. The molecule has 0 spiro atoms. The zero-order chi connectivity index (χ0) is 19.9. The van der Waals surface area contributed by atoms with E-state index in [0.29, 0.717) is 0 Å². The van der Waals surface area contributed by atoms with Gasteiger partial charge >= 0.3 is 0 Å². The Morgan fingerprint density at radius 2 is 1.59 bits per heavy atom. The number of hydrogen-bond acceptors (Lipinski definition) is 3. The standard InChI is InChI=1S/C26H33NO2/c1-27(25(21-14-8-6-9-15-21)22-16-10-7-11-17-22)20-24-26(29-24)28-23-18-12-4-2-3-5-13-19-23/h6-12,14-18,23-26H,2-5,13,19-20H2,1H3/b18-12-. The highest BCUT2D eigenvalue weighted by atomic mass is 16.8. The van der Waals surface area contributed by atoms with Crippen molar-refractivity contribution in [2.45, 2.75) is 63.1 Å². The molecule has 0 amide bonds. The van der Waals surface area contributed by atoms with Crippen LogP contribution >= 0.6 is 0 Å². The summed E-state index contributed by atoms with van der Waals surface area (Å²) in [4.78, 5) is 2.39. The summed E-state index contributed by atoms with van der Waals surface area (Å²) >= 11 is 0. The third-order valence-electron chi connectivity index (χ3n) is 5.94. The van der Waals surface area contributed by atoms with E-state index in [1.54, 1.807) is 0 Å². The van der Waals surface area contributed by atoms with E-state index < -0.39 is 0 Å². The molecule has 1 heterocycles. The molecule has 2 aromatic carbocycles. The van der Waals surface area contributed by atoms with Crippen LogP contribution in [0.15, 0.2) is 72.8 Å². The quantitative estimate of drug-likeness (QED) is 0.445. The Balaban J connectivity index is 1.37. The minimum Gasteiger partial charge on any atom is -0.343 e. The second kappa shape index (κ2) is 10.2. The number of likely N-dealkylation sites (N-methyl/N-ethyl adjacent to an activating group) is 1. The molecule has 4 rings (SSSR count). The molecule has 1 aliphatic carbocycles. The number of benzene rings is 2. The van der Waals surface area contributed by atoms with Gasteiger partial charge in [-0.15, -0.1) is 0 Å². The van der Waals surface area contributed by atoms with Crippen molar-refractivity contribution >= 4 is 0 Å². The molecule has 3 atom stereocenters. The summed E-state index contributed by atoms with van der Waals surface area (Å²) in [6.45, 7) is 0.857. The number of rotatable bonds is 7. The van der Waals surface area contributed by atoms with Crippen LogP contribution in [0.5, 0.6) is 0 Å². The number of epoxide rings is 1. The van der Waals surface area contributed by atoms with Gasteiger partial charge < -0.3 is 9.47 Å². The first-order chi connectivity index (χ1) is 14.3. The van der Waals surface area contributed by atoms with E-state index >= 15 is 0 Å². The molecule has 0 aromatic heterocycles. The highest BCUT2D eigenvalue weighted by Crippen LogP contribution is 2.32. The van der Waals surface area contributed by atoms with Crippen LogP contribution in [0.4, 0.5) is 0 Å². The number of hydrogen-bond donors (Lipinski definition) is 0. The molecule has 1 aliphatic heterocycles. The van der Waals surface area contributed by atoms with Crippen molar-refractivity contribution in [2.24, 2.45) is 0 Å². The molecule has 0 radical (unpaired) electrons. The lowest BCUT2D eigenvalue weighted by atomic mass is 9.97. The highest BCUT2D eigenvalue weighted by molar-refractivity contribution is 5.31. The second-order valence-corrected chi connectivity index (χ2v) is 8.30. The van der Waals surface area contributed by atoms with Crippen LogP contribution in [0.2, 0.25) is 0 Å². The third-order valence-corrected chi connectivity index (χ3v) is 5.94. The zero-order valence-electron chi connectivity index (χ0n) is 17.5. The largest absolute Gasteiger partial charge is 0.343 e. The lowest BCUT2D eigenvalue weighted by Crippen LogP contribution is -2.30. The molecule has 154 valence electrons. The van der Waals surface area contributed by atoms with Crippen molar-refractivity contribution in [1.82, 2.24) is 4.90 Å². The minimum atomic E-state index is -0.0694. The first-order valence-corrected chi connectivity index (χ1v) is 11.1. The number of allylic oxidation sites excluding steroid dienone is 1. The second-order valence-electron chi connectivity index (χ2n) is 8.30. The molecule has 29 heavy (non-hydrogen) atoms. The smallest absolute Gasteiger partial charge is 0.186 e. The minimum absolute atomic E-state index is 0.0694. The first kappa shape index (κ1) is 20.3. The van der Waals surface area contributed by atoms with Crippen LogP contribution in [-0.4, -0.2) is 37.0 Å². The molecule has 3 unspecified atom stereocenters. The Hall–Kier alpha value is -1.94. The van der Waals surface area contributed by atoms with Crippen LogP contribution in [0, 0.1) is 0 Å². The monoisotopic (exact) mass is 391 g/mol. The zero-order valence-corrected chi connectivity index (χ0v) is 17.5. The Morgan fingerprint density at radius 1 is 0.931 bits per heavy atom. The molecule has 2 aromatic rings. The summed E-state index contributed by atoms with van der Waals surface area (Å²) in [5.41, 5.74) is 2.61. The maximum Gasteiger partial charge on any atom is 0.186 e. The summed E-state index contributed by atoms with van der Waals surface area (Å²) in [5.74, 6) is 0. The van der Waals surface area contributed by atoms with Crippen LogP contribution in [0.25, 0.3) is 0 Å². The van der Waals surface area contributed by atoms with Crippen molar-refractivity contribution in [3.05, 3.63) is 83.9 Å². The van der Waals surface area contributed by atoms with Gasteiger partial charge in [0.1, 0.15) is 6.10 Å². The molecule has 3 nitrogen and oxygen atoms in total. The van der Waals surface area contributed by atoms with E-state index in [1.807, 2.05) is 0 Å². The predicted octanol–water partition coefficient (Wildman–Crippen LogP) is 5.73. The fourth-order valence-corrected chi connectivity index (χ4v) is 4.33. The van der Waals surface area contributed by atoms with Gasteiger partial charge in [-0.3, -0.25) is 4.90 Å². The maximum absolute atomic E-state index is 6.26. The summed E-state index contributed by atoms with van der Waals surface area (Å²) in [5, 5.41) is 0. The highest BCUT2D eigenvalue weighted by Gasteiger charge is 2.43.